The number of amides is 1. The van der Waals surface area contributed by atoms with E-state index in [2.05, 4.69) is 15.6 Å². The van der Waals surface area contributed by atoms with Crippen LogP contribution in [0.2, 0.25) is 0 Å². The van der Waals surface area contributed by atoms with E-state index in [9.17, 15) is 19.5 Å². The molecule has 0 radical (unpaired) electrons. The van der Waals surface area contributed by atoms with E-state index in [-0.39, 0.29) is 40.8 Å². The molecule has 2 aliphatic rings. The summed E-state index contributed by atoms with van der Waals surface area (Å²) in [6.07, 6.45) is 5.37. The van der Waals surface area contributed by atoms with Gasteiger partial charge in [0.15, 0.2) is 0 Å². The van der Waals surface area contributed by atoms with E-state index >= 15 is 0 Å². The number of aliphatic hydroxyl groups excluding tert-OH is 1. The zero-order chi connectivity index (χ0) is 27.0. The molecule has 7 heteroatoms. The van der Waals surface area contributed by atoms with Gasteiger partial charge in [0.2, 0.25) is 11.7 Å². The molecule has 0 spiro atoms. The number of ketones is 2. The minimum atomic E-state index is -0.648. The molecule has 1 amide bonds. The summed E-state index contributed by atoms with van der Waals surface area (Å²) in [4.78, 5) is 43.2. The van der Waals surface area contributed by atoms with E-state index in [1.807, 2.05) is 20.8 Å². The van der Waals surface area contributed by atoms with Gasteiger partial charge in [-0.25, -0.2) is 0 Å². The molecule has 190 valence electrons. The van der Waals surface area contributed by atoms with Crippen molar-refractivity contribution < 1.29 is 19.5 Å². The van der Waals surface area contributed by atoms with Crippen molar-refractivity contribution in [3.63, 3.8) is 0 Å². The second-order valence-corrected chi connectivity index (χ2v) is 11.1. The van der Waals surface area contributed by atoms with Crippen molar-refractivity contribution in [2.24, 2.45) is 15.8 Å². The van der Waals surface area contributed by atoms with Gasteiger partial charge in [-0.05, 0) is 41.5 Å². The fourth-order valence-corrected chi connectivity index (χ4v) is 3.78. The first-order valence-corrected chi connectivity index (χ1v) is 11.9. The fourth-order valence-electron chi connectivity index (χ4n) is 3.78. The molecule has 7 nitrogen and oxygen atoms in total. The monoisotopic (exact) mass is 489 g/mol. The first kappa shape index (κ1) is 26.9. The summed E-state index contributed by atoms with van der Waals surface area (Å²) in [5, 5.41) is 17.0. The van der Waals surface area contributed by atoms with Gasteiger partial charge in [0.05, 0.1) is 22.5 Å². The zero-order valence-corrected chi connectivity index (χ0v) is 22.3. The Hall–Kier alpha value is -3.74. The number of aliphatic imine (C=N–C) groups is 1. The summed E-state index contributed by atoms with van der Waals surface area (Å²) >= 11 is 0. The molecule has 2 aliphatic carbocycles. The second kappa shape index (κ2) is 9.72. The topological polar surface area (TPSA) is 108 Å². The van der Waals surface area contributed by atoms with Crippen LogP contribution in [0.3, 0.4) is 0 Å². The largest absolute Gasteiger partial charge is 0.506 e. The van der Waals surface area contributed by atoms with E-state index in [1.165, 1.54) is 0 Å². The number of hydrogen-bond donors (Lipinski definition) is 3. The van der Waals surface area contributed by atoms with Crippen molar-refractivity contribution in [2.75, 3.05) is 24.7 Å². The first-order chi connectivity index (χ1) is 16.7. The lowest BCUT2D eigenvalue weighted by Gasteiger charge is -2.28. The number of aliphatic hydroxyl groups is 1. The highest BCUT2D eigenvalue weighted by Crippen LogP contribution is 2.44. The molecule has 3 N–H and O–H groups in total. The highest BCUT2D eigenvalue weighted by Gasteiger charge is 2.39. The second-order valence-electron chi connectivity index (χ2n) is 11.1. The molecule has 0 atom stereocenters. The number of nitrogens with one attached hydrogen (secondary N) is 2. The molecule has 36 heavy (non-hydrogen) atoms. The lowest BCUT2D eigenvalue weighted by atomic mass is 9.76. The number of rotatable bonds is 5. The van der Waals surface area contributed by atoms with Crippen LogP contribution < -0.4 is 10.6 Å². The predicted octanol–water partition coefficient (Wildman–Crippen LogP) is 5.43. The van der Waals surface area contributed by atoms with E-state index in [4.69, 9.17) is 0 Å². The van der Waals surface area contributed by atoms with Crippen molar-refractivity contribution in [1.29, 1.82) is 0 Å². The van der Waals surface area contributed by atoms with Crippen LogP contribution in [0.1, 0.15) is 53.5 Å². The molecule has 0 fully saturated rings. The molecule has 0 aromatic heterocycles. The van der Waals surface area contributed by atoms with Crippen LogP contribution in [0.5, 0.6) is 0 Å². The van der Waals surface area contributed by atoms with Crippen LogP contribution in [0.4, 0.5) is 11.4 Å². The number of nitrogens with zero attached hydrogens (tertiary/aromatic N) is 1. The Kier molecular flexibility index (Phi) is 7.25. The molecule has 0 bridgehead atoms. The van der Waals surface area contributed by atoms with Crippen LogP contribution in [0.15, 0.2) is 63.9 Å². The van der Waals surface area contributed by atoms with Gasteiger partial charge in [-0.1, -0.05) is 47.6 Å². The van der Waals surface area contributed by atoms with Crippen LogP contribution in [0, 0.1) is 10.8 Å². The van der Waals surface area contributed by atoms with Gasteiger partial charge in [0, 0.05) is 42.6 Å². The van der Waals surface area contributed by atoms with E-state index in [1.54, 1.807) is 71.3 Å². The molecule has 0 saturated heterocycles. The summed E-state index contributed by atoms with van der Waals surface area (Å²) in [5.41, 5.74) is 2.54. The highest BCUT2D eigenvalue weighted by molar-refractivity contribution is 6.40. The van der Waals surface area contributed by atoms with Crippen molar-refractivity contribution >= 4 is 40.1 Å². The summed E-state index contributed by atoms with van der Waals surface area (Å²) in [7, 11) is 3.41. The molecular weight excluding hydrogens is 454 g/mol. The van der Waals surface area contributed by atoms with E-state index in [0.717, 1.165) is 5.69 Å². The zero-order valence-electron chi connectivity index (χ0n) is 22.3. The van der Waals surface area contributed by atoms with Crippen LogP contribution >= 0.6 is 0 Å². The molecule has 1 aromatic rings. The van der Waals surface area contributed by atoms with Gasteiger partial charge in [-0.3, -0.25) is 19.4 Å². The van der Waals surface area contributed by atoms with Crippen LogP contribution in [0.25, 0.3) is 5.57 Å². The molecule has 0 heterocycles. The molecule has 1 aromatic carbocycles. The Morgan fingerprint density at radius 3 is 2.19 bits per heavy atom. The Morgan fingerprint density at radius 1 is 1.00 bits per heavy atom. The average molecular weight is 490 g/mol. The van der Waals surface area contributed by atoms with Gasteiger partial charge in [0.25, 0.3) is 0 Å². The molecule has 0 unspecified atom stereocenters. The smallest absolute Gasteiger partial charge is 0.229 e. The summed E-state index contributed by atoms with van der Waals surface area (Å²) in [6, 6.07) is 5.21. The lowest BCUT2D eigenvalue weighted by molar-refractivity contribution is -0.125. The standard InChI is InChI=1S/C29H35N3O4/c1-28(2,3)22(33)14-16-13-17(30-7)9-11-19(16)23-25(34)24(26(23)35)20-12-10-18(31-8)15-21(20)32-27(36)29(4,5)6/h9-13,15,31,34H,14H2,1-8H3,(H,32,36)/b23-19+,30-17-. The summed E-state index contributed by atoms with van der Waals surface area (Å²) < 4.78 is 0. The van der Waals surface area contributed by atoms with Crippen molar-refractivity contribution in [2.45, 2.75) is 48.0 Å². The minimum Gasteiger partial charge on any atom is -0.506 e. The number of hydrogen-bond acceptors (Lipinski definition) is 6. The van der Waals surface area contributed by atoms with Gasteiger partial charge in [-0.2, -0.15) is 0 Å². The summed E-state index contributed by atoms with van der Waals surface area (Å²) in [5.74, 6) is -0.700. The Labute approximate surface area is 212 Å². The average Bonchev–Trinajstić information content (AvgIpc) is 2.79. The third-order valence-corrected chi connectivity index (χ3v) is 6.24. The van der Waals surface area contributed by atoms with Gasteiger partial charge in [-0.15, -0.1) is 0 Å². The highest BCUT2D eigenvalue weighted by atomic mass is 16.3. The Morgan fingerprint density at radius 2 is 1.67 bits per heavy atom. The third kappa shape index (κ3) is 5.25. The van der Waals surface area contributed by atoms with Crippen molar-refractivity contribution in [3.8, 4) is 0 Å². The fraction of sp³-hybridized carbons (Fsp3) is 0.379. The maximum atomic E-state index is 13.5. The van der Waals surface area contributed by atoms with Gasteiger partial charge >= 0.3 is 0 Å². The first-order valence-electron chi connectivity index (χ1n) is 11.9. The summed E-state index contributed by atoms with van der Waals surface area (Å²) in [6.45, 7) is 10.9. The van der Waals surface area contributed by atoms with E-state index in [0.29, 0.717) is 28.1 Å². The van der Waals surface area contributed by atoms with Gasteiger partial charge < -0.3 is 15.7 Å². The van der Waals surface area contributed by atoms with Crippen LogP contribution in [-0.4, -0.2) is 42.4 Å². The predicted molar refractivity (Wildman–Crippen MR) is 145 cm³/mol. The Bertz CT molecular complexity index is 1290. The quantitative estimate of drug-likeness (QED) is 0.478. The van der Waals surface area contributed by atoms with Crippen molar-refractivity contribution in [1.82, 2.24) is 0 Å². The lowest BCUT2D eigenvalue weighted by Crippen LogP contribution is -2.29. The number of anilines is 2. The number of carbonyl (C=O) groups is 3. The van der Waals surface area contributed by atoms with E-state index < -0.39 is 10.8 Å². The van der Waals surface area contributed by atoms with Crippen molar-refractivity contribution in [3.05, 3.63) is 64.5 Å². The number of benzene rings is 1. The molecule has 3 rings (SSSR count). The molecular formula is C29H35N3O4. The third-order valence-electron chi connectivity index (χ3n) is 6.24. The normalized spacial score (nSPS) is 19.3. The SMILES string of the molecule is C/N=C1C=C/C(=C2\C(=O)C(c3ccc(NC)cc3NC(=O)C(C)(C)C)=C2O)C(CC(=O)C(C)(C)C)=C/1. The number of allylic oxidation sites excluding steroid dienone is 7. The van der Waals surface area contributed by atoms with Crippen LogP contribution in [-0.2, 0) is 14.4 Å². The molecule has 0 aliphatic heterocycles. The van der Waals surface area contributed by atoms with Gasteiger partial charge in [0.1, 0.15) is 11.5 Å². The maximum Gasteiger partial charge on any atom is 0.229 e. The minimum absolute atomic E-state index is 0.0166. The number of carbonyl (C=O) groups excluding carboxylic acids is 3. The number of Topliss-reactive ketones (excluding diaryl/α,β-unsaturated/α-hetero) is 2. The molecule has 0 saturated carbocycles. The Balaban J connectivity index is 2.11. The maximum absolute atomic E-state index is 13.5.